The summed E-state index contributed by atoms with van der Waals surface area (Å²) in [7, 11) is -3.43. The molecule has 2 aliphatic heterocycles. The van der Waals surface area contributed by atoms with Crippen LogP contribution in [0.25, 0.3) is 0 Å². The van der Waals surface area contributed by atoms with E-state index in [4.69, 9.17) is 4.74 Å². The number of fused-ring (bicyclic) bond motifs is 1. The molecule has 3 heterocycles. The van der Waals surface area contributed by atoms with E-state index in [-0.39, 0.29) is 6.04 Å². The Labute approximate surface area is 159 Å². The van der Waals surface area contributed by atoms with E-state index in [9.17, 15) is 8.42 Å². The topological polar surface area (TPSA) is 77.3 Å². The summed E-state index contributed by atoms with van der Waals surface area (Å²) >= 11 is 0. The number of hydrogen-bond acceptors (Lipinski definition) is 5. The molecule has 0 saturated carbocycles. The van der Waals surface area contributed by atoms with Crippen LogP contribution < -0.4 is 0 Å². The summed E-state index contributed by atoms with van der Waals surface area (Å²) in [6.07, 6.45) is 6.80. The van der Waals surface area contributed by atoms with Crippen molar-refractivity contribution in [1.82, 2.24) is 19.1 Å². The van der Waals surface area contributed by atoms with Gasteiger partial charge >= 0.3 is 0 Å². The van der Waals surface area contributed by atoms with Crippen LogP contribution >= 0.6 is 0 Å². The average molecular weight is 388 g/mol. The maximum Gasteiger partial charge on any atom is 0.243 e. The van der Waals surface area contributed by atoms with Gasteiger partial charge in [-0.25, -0.2) is 8.42 Å². The molecule has 2 saturated heterocycles. The van der Waals surface area contributed by atoms with Crippen molar-refractivity contribution >= 4 is 10.0 Å². The van der Waals surface area contributed by atoms with Crippen molar-refractivity contribution < 1.29 is 13.2 Å². The Morgan fingerprint density at radius 2 is 1.85 bits per heavy atom. The molecular formula is C19H24N4O3S. The Bertz CT molecular complexity index is 944. The number of sulfonamides is 1. The fourth-order valence-electron chi connectivity index (χ4n) is 4.43. The molecule has 0 spiro atoms. The van der Waals surface area contributed by atoms with Crippen LogP contribution in [-0.2, 0) is 27.6 Å². The molecule has 7 nitrogen and oxygen atoms in total. The van der Waals surface area contributed by atoms with Crippen molar-refractivity contribution in [3.63, 3.8) is 0 Å². The third kappa shape index (κ3) is 2.99. The highest BCUT2D eigenvalue weighted by Gasteiger charge is 2.39. The number of aryl methyl sites for hydroxylation is 2. The maximum atomic E-state index is 13.0. The van der Waals surface area contributed by atoms with Crippen molar-refractivity contribution in [3.8, 4) is 0 Å². The van der Waals surface area contributed by atoms with Gasteiger partial charge in [0.2, 0.25) is 10.0 Å². The number of benzene rings is 1. The van der Waals surface area contributed by atoms with Crippen LogP contribution in [0.1, 0.15) is 48.2 Å². The molecule has 2 aromatic rings. The molecule has 2 fully saturated rings. The molecular weight excluding hydrogens is 364 g/mol. The van der Waals surface area contributed by atoms with Gasteiger partial charge in [0.25, 0.3) is 0 Å². The third-order valence-electron chi connectivity index (χ3n) is 6.12. The Morgan fingerprint density at radius 1 is 1.07 bits per heavy atom. The lowest BCUT2D eigenvalue weighted by Gasteiger charge is -2.39. The van der Waals surface area contributed by atoms with Crippen LogP contribution in [0.2, 0.25) is 0 Å². The first-order chi connectivity index (χ1) is 13.1. The number of hydrogen-bond donors (Lipinski definition) is 0. The van der Waals surface area contributed by atoms with Gasteiger partial charge in [-0.2, -0.15) is 4.31 Å². The number of ether oxygens (including phenoxy) is 1. The molecule has 27 heavy (non-hydrogen) atoms. The minimum absolute atomic E-state index is 0.113. The largest absolute Gasteiger partial charge is 0.381 e. The van der Waals surface area contributed by atoms with E-state index in [1.165, 1.54) is 11.1 Å². The van der Waals surface area contributed by atoms with Crippen LogP contribution in [0.5, 0.6) is 0 Å². The molecule has 1 aliphatic carbocycles. The van der Waals surface area contributed by atoms with E-state index in [1.54, 1.807) is 16.7 Å². The zero-order valence-corrected chi connectivity index (χ0v) is 16.1. The number of nitrogens with zero attached hydrogens (tertiary/aromatic N) is 4. The maximum absolute atomic E-state index is 13.0. The smallest absolute Gasteiger partial charge is 0.243 e. The van der Waals surface area contributed by atoms with Gasteiger partial charge in [0, 0.05) is 32.2 Å². The molecule has 0 amide bonds. The van der Waals surface area contributed by atoms with Crippen molar-refractivity contribution in [2.75, 3.05) is 26.3 Å². The Balaban J connectivity index is 1.31. The van der Waals surface area contributed by atoms with Crippen LogP contribution in [0.4, 0.5) is 0 Å². The molecule has 0 bridgehead atoms. The predicted octanol–water partition coefficient (Wildman–Crippen LogP) is 1.91. The quantitative estimate of drug-likeness (QED) is 0.800. The second kappa shape index (κ2) is 6.68. The standard InChI is InChI=1S/C19H24N4O3S/c24-27(25,18-5-4-14-2-1-3-16(14)10-18)22-11-17(12-22)23-13-20-21-19(23)15-6-8-26-9-7-15/h4-5,10,13,15,17H,1-3,6-9,11-12H2. The lowest BCUT2D eigenvalue weighted by Crippen LogP contribution is -2.50. The molecule has 0 radical (unpaired) electrons. The lowest BCUT2D eigenvalue weighted by atomic mass is 9.98. The summed E-state index contributed by atoms with van der Waals surface area (Å²) in [4.78, 5) is 0.426. The summed E-state index contributed by atoms with van der Waals surface area (Å²) in [5.41, 5.74) is 2.48. The van der Waals surface area contributed by atoms with Crippen molar-refractivity contribution in [2.45, 2.75) is 49.0 Å². The summed E-state index contributed by atoms with van der Waals surface area (Å²) in [5.74, 6) is 1.32. The first kappa shape index (κ1) is 17.3. The molecule has 144 valence electrons. The monoisotopic (exact) mass is 388 g/mol. The second-order valence-electron chi connectivity index (χ2n) is 7.74. The van der Waals surface area contributed by atoms with Gasteiger partial charge in [-0.3, -0.25) is 0 Å². The van der Waals surface area contributed by atoms with E-state index in [2.05, 4.69) is 14.8 Å². The molecule has 3 aliphatic rings. The normalized spacial score (nSPS) is 21.9. The minimum atomic E-state index is -3.43. The first-order valence-corrected chi connectivity index (χ1v) is 11.2. The first-order valence-electron chi connectivity index (χ1n) is 9.72. The molecule has 5 rings (SSSR count). The minimum Gasteiger partial charge on any atom is -0.381 e. The van der Waals surface area contributed by atoms with Gasteiger partial charge in [-0.1, -0.05) is 6.07 Å². The number of rotatable bonds is 4. The van der Waals surface area contributed by atoms with Crippen LogP contribution in [0.3, 0.4) is 0 Å². The second-order valence-corrected chi connectivity index (χ2v) is 9.68. The van der Waals surface area contributed by atoms with E-state index in [0.29, 0.717) is 23.9 Å². The van der Waals surface area contributed by atoms with Crippen LogP contribution in [0.15, 0.2) is 29.4 Å². The zero-order valence-electron chi connectivity index (χ0n) is 15.2. The Kier molecular flexibility index (Phi) is 4.29. The molecule has 0 N–H and O–H groups in total. The zero-order chi connectivity index (χ0) is 18.4. The van der Waals surface area contributed by atoms with Crippen LogP contribution in [-0.4, -0.2) is 53.8 Å². The van der Waals surface area contributed by atoms with Gasteiger partial charge in [0.15, 0.2) is 0 Å². The summed E-state index contributed by atoms with van der Waals surface area (Å²) in [6, 6.07) is 5.73. The highest BCUT2D eigenvalue weighted by molar-refractivity contribution is 7.89. The highest BCUT2D eigenvalue weighted by Crippen LogP contribution is 2.34. The fraction of sp³-hybridized carbons (Fsp3) is 0.579. The van der Waals surface area contributed by atoms with Crippen molar-refractivity contribution in [2.24, 2.45) is 0 Å². The number of aromatic nitrogens is 3. The van der Waals surface area contributed by atoms with Gasteiger partial charge < -0.3 is 9.30 Å². The van der Waals surface area contributed by atoms with Gasteiger partial charge in [0.05, 0.1) is 10.9 Å². The van der Waals surface area contributed by atoms with Crippen molar-refractivity contribution in [1.29, 1.82) is 0 Å². The highest BCUT2D eigenvalue weighted by atomic mass is 32.2. The summed E-state index contributed by atoms with van der Waals surface area (Å²) in [5, 5.41) is 8.41. The molecule has 8 heteroatoms. The van der Waals surface area contributed by atoms with Crippen molar-refractivity contribution in [3.05, 3.63) is 41.5 Å². The van der Waals surface area contributed by atoms with Crippen LogP contribution in [0, 0.1) is 0 Å². The van der Waals surface area contributed by atoms with E-state index in [0.717, 1.165) is 51.1 Å². The lowest BCUT2D eigenvalue weighted by molar-refractivity contribution is 0.0811. The molecule has 1 aromatic carbocycles. The third-order valence-corrected chi connectivity index (χ3v) is 7.94. The summed E-state index contributed by atoms with van der Waals surface area (Å²) in [6.45, 7) is 2.46. The molecule has 1 aromatic heterocycles. The molecule has 0 atom stereocenters. The average Bonchev–Trinajstić information content (AvgIpc) is 3.29. The SMILES string of the molecule is O=S(=O)(c1ccc2c(c1)CCC2)N1CC(n2cnnc2C2CCOCC2)C1. The van der Waals surface area contributed by atoms with E-state index in [1.807, 2.05) is 12.1 Å². The molecule has 0 unspecified atom stereocenters. The van der Waals surface area contributed by atoms with Gasteiger partial charge in [-0.15, -0.1) is 10.2 Å². The predicted molar refractivity (Wildman–Crippen MR) is 99.1 cm³/mol. The van der Waals surface area contributed by atoms with Gasteiger partial charge in [-0.05, 0) is 55.4 Å². The fourth-order valence-corrected chi connectivity index (χ4v) is 5.99. The van der Waals surface area contributed by atoms with E-state index < -0.39 is 10.0 Å². The Morgan fingerprint density at radius 3 is 2.67 bits per heavy atom. The van der Waals surface area contributed by atoms with Gasteiger partial charge in [0.1, 0.15) is 12.2 Å². The summed E-state index contributed by atoms with van der Waals surface area (Å²) < 4.78 is 35.1. The Hall–Kier alpha value is -1.77. The van der Waals surface area contributed by atoms with E-state index >= 15 is 0 Å².